The van der Waals surface area contributed by atoms with E-state index in [1.165, 1.54) is 11.8 Å². The Bertz CT molecular complexity index is 1420. The number of aliphatic carboxylic acids is 1. The molecule has 10 nitrogen and oxygen atoms in total. The van der Waals surface area contributed by atoms with Gasteiger partial charge in [0.15, 0.2) is 0 Å². The number of benzene rings is 2. The lowest BCUT2D eigenvalue weighted by atomic mass is 9.96. The van der Waals surface area contributed by atoms with Gasteiger partial charge in [0.2, 0.25) is 11.8 Å². The molecule has 1 heterocycles. The maximum absolute atomic E-state index is 13.8. The van der Waals surface area contributed by atoms with E-state index in [1.807, 2.05) is 19.2 Å². The molecule has 39 heavy (non-hydrogen) atoms. The number of hydrogen-bond donors (Lipinski definition) is 4. The lowest BCUT2D eigenvalue weighted by molar-refractivity contribution is -0.142. The summed E-state index contributed by atoms with van der Waals surface area (Å²) in [6.07, 6.45) is 2.60. The van der Waals surface area contributed by atoms with E-state index >= 15 is 0 Å². The number of thioether (sulfide) groups is 1. The molecule has 0 bridgehead atoms. The van der Waals surface area contributed by atoms with Crippen LogP contribution in [0.2, 0.25) is 0 Å². The summed E-state index contributed by atoms with van der Waals surface area (Å²) in [4.78, 5) is 68.0. The fourth-order valence-electron chi connectivity index (χ4n) is 4.30. The van der Waals surface area contributed by atoms with Crippen LogP contribution in [-0.4, -0.2) is 56.5 Å². The molecule has 3 rings (SSSR count). The summed E-state index contributed by atoms with van der Waals surface area (Å²) in [5.41, 5.74) is -0.311. The topological polar surface area (TPSA) is 150 Å². The van der Waals surface area contributed by atoms with Crippen molar-refractivity contribution in [2.45, 2.75) is 51.2 Å². The second-order valence-electron chi connectivity index (χ2n) is 9.41. The van der Waals surface area contributed by atoms with Crippen LogP contribution in [0.5, 0.6) is 0 Å². The van der Waals surface area contributed by atoms with E-state index in [0.717, 1.165) is 4.57 Å². The van der Waals surface area contributed by atoms with Crippen molar-refractivity contribution in [1.82, 2.24) is 20.2 Å². The average molecular weight is 555 g/mol. The number of nitrogens with one attached hydrogen (secondary N) is 3. The largest absolute Gasteiger partial charge is 0.480 e. The third kappa shape index (κ3) is 7.38. The lowest BCUT2D eigenvalue weighted by Crippen LogP contribution is -2.56. The van der Waals surface area contributed by atoms with Gasteiger partial charge in [-0.25, -0.2) is 14.2 Å². The third-order valence-electron chi connectivity index (χ3n) is 6.74. The molecule has 0 radical (unpaired) electrons. The van der Waals surface area contributed by atoms with Crippen LogP contribution in [0.15, 0.2) is 64.2 Å². The molecule has 208 valence electrons. The minimum atomic E-state index is -1.26. The number of amides is 2. The number of fused-ring (bicyclic) bond motifs is 1. The average Bonchev–Trinajstić information content (AvgIpc) is 2.93. The Balaban J connectivity index is 2.00. The molecule has 11 heteroatoms. The normalized spacial score (nSPS) is 14.2. The fourth-order valence-corrected chi connectivity index (χ4v) is 4.78. The number of nitrogens with zero attached hydrogens (tertiary/aromatic N) is 1. The minimum absolute atomic E-state index is 0.0221. The van der Waals surface area contributed by atoms with E-state index in [9.17, 15) is 29.1 Å². The molecule has 0 fully saturated rings. The van der Waals surface area contributed by atoms with Crippen molar-refractivity contribution >= 4 is 40.4 Å². The zero-order chi connectivity index (χ0) is 28.5. The summed E-state index contributed by atoms with van der Waals surface area (Å²) in [6, 6.07) is 12.0. The first-order chi connectivity index (χ1) is 18.7. The van der Waals surface area contributed by atoms with Crippen molar-refractivity contribution in [3.63, 3.8) is 0 Å². The number of carbonyl (C=O) groups excluding carboxylic acids is 2. The Labute approximate surface area is 230 Å². The van der Waals surface area contributed by atoms with Crippen LogP contribution in [0.3, 0.4) is 0 Å². The lowest BCUT2D eigenvalue weighted by Gasteiger charge is -2.28. The number of carbonyl (C=O) groups is 3. The SMILES string of the molecule is CC[C@@H](C)[C@H](NC(=O)[C@H](Cc1ccccc1)n1c(=O)[nH]c2ccccc2c1=O)C(=O)N[C@@H](CCSC)C(=O)O. The van der Waals surface area contributed by atoms with Crippen LogP contribution in [0.4, 0.5) is 0 Å². The van der Waals surface area contributed by atoms with Crippen LogP contribution in [0.25, 0.3) is 10.9 Å². The maximum Gasteiger partial charge on any atom is 0.329 e. The number of hydrogen-bond acceptors (Lipinski definition) is 6. The maximum atomic E-state index is 13.8. The molecule has 2 amide bonds. The molecular formula is C28H34N4O6S. The first-order valence-corrected chi connectivity index (χ1v) is 14.2. The third-order valence-corrected chi connectivity index (χ3v) is 7.39. The van der Waals surface area contributed by atoms with Gasteiger partial charge in [-0.05, 0) is 42.0 Å². The van der Waals surface area contributed by atoms with E-state index in [0.29, 0.717) is 23.3 Å². The van der Waals surface area contributed by atoms with Gasteiger partial charge in [-0.15, -0.1) is 0 Å². The van der Waals surface area contributed by atoms with Crippen LogP contribution < -0.4 is 21.9 Å². The Kier molecular flexibility index (Phi) is 10.5. The van der Waals surface area contributed by atoms with Crippen LogP contribution in [0, 0.1) is 5.92 Å². The predicted octanol–water partition coefficient (Wildman–Crippen LogP) is 2.33. The number of aromatic nitrogens is 2. The summed E-state index contributed by atoms with van der Waals surface area (Å²) >= 11 is 1.46. The van der Waals surface area contributed by atoms with E-state index in [4.69, 9.17) is 0 Å². The van der Waals surface area contributed by atoms with Crippen molar-refractivity contribution in [2.24, 2.45) is 5.92 Å². The van der Waals surface area contributed by atoms with Gasteiger partial charge in [-0.3, -0.25) is 14.4 Å². The van der Waals surface area contributed by atoms with Gasteiger partial charge in [0.25, 0.3) is 5.56 Å². The summed E-state index contributed by atoms with van der Waals surface area (Å²) in [6.45, 7) is 3.61. The first kappa shape index (κ1) is 29.7. The minimum Gasteiger partial charge on any atom is -0.480 e. The van der Waals surface area contributed by atoms with E-state index < -0.39 is 47.2 Å². The monoisotopic (exact) mass is 554 g/mol. The highest BCUT2D eigenvalue weighted by atomic mass is 32.2. The number of carboxylic acid groups (broad SMARTS) is 1. The van der Waals surface area contributed by atoms with Gasteiger partial charge >= 0.3 is 11.7 Å². The van der Waals surface area contributed by atoms with Crippen molar-refractivity contribution in [2.75, 3.05) is 12.0 Å². The van der Waals surface area contributed by atoms with Gasteiger partial charge in [0.05, 0.1) is 10.9 Å². The molecule has 0 saturated carbocycles. The molecule has 0 unspecified atom stereocenters. The molecule has 4 N–H and O–H groups in total. The zero-order valence-electron chi connectivity index (χ0n) is 22.2. The number of para-hydroxylation sites is 1. The number of rotatable bonds is 13. The molecule has 0 aliphatic rings. The Hall–Kier alpha value is -3.86. The second-order valence-corrected chi connectivity index (χ2v) is 10.4. The van der Waals surface area contributed by atoms with Gasteiger partial charge in [-0.1, -0.05) is 62.7 Å². The van der Waals surface area contributed by atoms with Crippen LogP contribution in [0.1, 0.15) is 38.3 Å². The molecule has 3 aromatic rings. The van der Waals surface area contributed by atoms with E-state index in [2.05, 4.69) is 15.6 Å². The number of H-pyrrole nitrogens is 1. The highest BCUT2D eigenvalue weighted by Gasteiger charge is 2.33. The fraction of sp³-hybridized carbons (Fsp3) is 0.393. The predicted molar refractivity (Wildman–Crippen MR) is 152 cm³/mol. The van der Waals surface area contributed by atoms with Gasteiger partial charge in [0.1, 0.15) is 18.1 Å². The van der Waals surface area contributed by atoms with Gasteiger partial charge < -0.3 is 20.7 Å². The molecule has 2 aromatic carbocycles. The van der Waals surface area contributed by atoms with Gasteiger partial charge in [-0.2, -0.15) is 11.8 Å². The summed E-state index contributed by atoms with van der Waals surface area (Å²) in [7, 11) is 0. The van der Waals surface area contributed by atoms with Crippen molar-refractivity contribution in [3.05, 3.63) is 81.0 Å². The zero-order valence-corrected chi connectivity index (χ0v) is 23.0. The molecule has 4 atom stereocenters. The van der Waals surface area contributed by atoms with Crippen molar-refractivity contribution in [1.29, 1.82) is 0 Å². The summed E-state index contributed by atoms with van der Waals surface area (Å²) in [5.74, 6) is -2.32. The van der Waals surface area contributed by atoms with Crippen LogP contribution >= 0.6 is 11.8 Å². The van der Waals surface area contributed by atoms with E-state index in [-0.39, 0.29) is 24.1 Å². The molecular weight excluding hydrogens is 520 g/mol. The van der Waals surface area contributed by atoms with Crippen molar-refractivity contribution < 1.29 is 19.5 Å². The Morgan fingerprint density at radius 2 is 1.67 bits per heavy atom. The summed E-state index contributed by atoms with van der Waals surface area (Å²) in [5, 5.41) is 15.1. The number of aromatic amines is 1. The van der Waals surface area contributed by atoms with E-state index in [1.54, 1.807) is 55.5 Å². The van der Waals surface area contributed by atoms with Gasteiger partial charge in [0, 0.05) is 6.42 Å². The first-order valence-electron chi connectivity index (χ1n) is 12.8. The Morgan fingerprint density at radius 1 is 1.00 bits per heavy atom. The molecule has 0 saturated heterocycles. The number of carboxylic acids is 1. The van der Waals surface area contributed by atoms with Crippen LogP contribution in [-0.2, 0) is 20.8 Å². The quantitative estimate of drug-likeness (QED) is 0.253. The molecule has 1 aromatic heterocycles. The molecule has 0 aliphatic carbocycles. The summed E-state index contributed by atoms with van der Waals surface area (Å²) < 4.78 is 0.884. The van der Waals surface area contributed by atoms with Crippen molar-refractivity contribution in [3.8, 4) is 0 Å². The standard InChI is InChI=1S/C28H34N4O6S/c1-4-17(2)23(25(34)29-21(27(36)37)14-15-39-3)31-24(33)22(16-18-10-6-5-7-11-18)32-26(35)19-12-8-9-13-20(19)30-28(32)38/h5-13,17,21-23H,4,14-16H2,1-3H3,(H,29,34)(H,30,38)(H,31,33)(H,36,37)/t17-,21+,22+,23+/m1/s1. The Morgan fingerprint density at radius 3 is 2.31 bits per heavy atom. The highest BCUT2D eigenvalue weighted by molar-refractivity contribution is 7.98. The second kappa shape index (κ2) is 13.8. The molecule has 0 spiro atoms. The smallest absolute Gasteiger partial charge is 0.329 e. The highest BCUT2D eigenvalue weighted by Crippen LogP contribution is 2.16. The molecule has 0 aliphatic heterocycles.